The normalized spacial score (nSPS) is 7.22. The van der Waals surface area contributed by atoms with Crippen molar-refractivity contribution in [3.63, 3.8) is 0 Å². The van der Waals surface area contributed by atoms with Gasteiger partial charge in [-0.1, -0.05) is 13.5 Å². The minimum atomic E-state index is -0.341. The molecule has 0 spiro atoms. The SMILES string of the molecule is C=CC(=O)OCCC.S. The maximum absolute atomic E-state index is 10.2. The Bertz CT molecular complexity index is 91.1. The highest BCUT2D eigenvalue weighted by Gasteiger charge is 1.89. The summed E-state index contributed by atoms with van der Waals surface area (Å²) in [6.07, 6.45) is 2.02. The molecule has 0 saturated carbocycles. The van der Waals surface area contributed by atoms with Gasteiger partial charge in [0.2, 0.25) is 0 Å². The molecule has 0 aromatic carbocycles. The Morgan fingerprint density at radius 2 is 2.33 bits per heavy atom. The summed E-state index contributed by atoms with van der Waals surface area (Å²) in [6, 6.07) is 0. The Labute approximate surface area is 62.3 Å². The third-order valence-corrected chi connectivity index (χ3v) is 0.615. The first kappa shape index (κ1) is 11.4. The Morgan fingerprint density at radius 3 is 2.67 bits per heavy atom. The molecule has 3 heteroatoms. The number of ether oxygens (including phenoxy) is 1. The van der Waals surface area contributed by atoms with Gasteiger partial charge in [0, 0.05) is 6.08 Å². The molecule has 0 bridgehead atoms. The van der Waals surface area contributed by atoms with Crippen molar-refractivity contribution in [3.8, 4) is 0 Å². The van der Waals surface area contributed by atoms with Crippen LogP contribution in [-0.4, -0.2) is 12.6 Å². The zero-order chi connectivity index (χ0) is 6.41. The van der Waals surface area contributed by atoms with Gasteiger partial charge in [-0.2, -0.15) is 13.5 Å². The summed E-state index contributed by atoms with van der Waals surface area (Å²) in [5.41, 5.74) is 0. The van der Waals surface area contributed by atoms with Crippen molar-refractivity contribution in [2.24, 2.45) is 0 Å². The van der Waals surface area contributed by atoms with E-state index in [2.05, 4.69) is 11.3 Å². The molecular formula is C6H12O2S. The molecular weight excluding hydrogens is 136 g/mol. The van der Waals surface area contributed by atoms with Gasteiger partial charge in [-0.15, -0.1) is 0 Å². The highest BCUT2D eigenvalue weighted by molar-refractivity contribution is 7.59. The molecule has 0 aliphatic carbocycles. The van der Waals surface area contributed by atoms with E-state index in [-0.39, 0.29) is 19.5 Å². The second kappa shape index (κ2) is 7.56. The molecule has 0 aliphatic heterocycles. The van der Waals surface area contributed by atoms with Crippen LogP contribution < -0.4 is 0 Å². The van der Waals surface area contributed by atoms with Crippen molar-refractivity contribution < 1.29 is 9.53 Å². The Hall–Kier alpha value is -0.440. The molecule has 0 unspecified atom stereocenters. The summed E-state index contributed by atoms with van der Waals surface area (Å²) in [6.45, 7) is 5.67. The van der Waals surface area contributed by atoms with Gasteiger partial charge in [0.15, 0.2) is 0 Å². The predicted molar refractivity (Wildman–Crippen MR) is 41.8 cm³/mol. The highest BCUT2D eigenvalue weighted by Crippen LogP contribution is 1.81. The Balaban J connectivity index is 0. The van der Waals surface area contributed by atoms with Crippen LogP contribution in [0.3, 0.4) is 0 Å². The van der Waals surface area contributed by atoms with Gasteiger partial charge in [-0.05, 0) is 6.42 Å². The van der Waals surface area contributed by atoms with E-state index in [0.717, 1.165) is 12.5 Å². The minimum absolute atomic E-state index is 0. The topological polar surface area (TPSA) is 26.3 Å². The molecule has 0 aromatic heterocycles. The molecule has 9 heavy (non-hydrogen) atoms. The van der Waals surface area contributed by atoms with E-state index < -0.39 is 0 Å². The fourth-order valence-corrected chi connectivity index (χ4v) is 0.262. The number of carbonyl (C=O) groups is 1. The van der Waals surface area contributed by atoms with Crippen molar-refractivity contribution >= 4 is 19.5 Å². The van der Waals surface area contributed by atoms with Gasteiger partial charge in [-0.25, -0.2) is 4.79 Å². The number of hydrogen-bond donors (Lipinski definition) is 0. The van der Waals surface area contributed by atoms with Crippen LogP contribution >= 0.6 is 13.5 Å². The molecule has 0 aromatic rings. The molecule has 0 aliphatic rings. The van der Waals surface area contributed by atoms with E-state index in [1.54, 1.807) is 0 Å². The van der Waals surface area contributed by atoms with Crippen LogP contribution in [0.2, 0.25) is 0 Å². The number of hydrogen-bond acceptors (Lipinski definition) is 2. The summed E-state index contributed by atoms with van der Waals surface area (Å²) in [5.74, 6) is -0.341. The molecule has 0 N–H and O–H groups in total. The second-order valence-corrected chi connectivity index (χ2v) is 1.37. The molecule has 0 saturated heterocycles. The van der Waals surface area contributed by atoms with E-state index in [4.69, 9.17) is 0 Å². The van der Waals surface area contributed by atoms with Gasteiger partial charge in [0.25, 0.3) is 0 Å². The second-order valence-electron chi connectivity index (χ2n) is 1.37. The van der Waals surface area contributed by atoms with Gasteiger partial charge in [-0.3, -0.25) is 0 Å². The van der Waals surface area contributed by atoms with Crippen molar-refractivity contribution in [2.75, 3.05) is 6.61 Å². The van der Waals surface area contributed by atoms with Gasteiger partial charge < -0.3 is 4.74 Å². The third-order valence-electron chi connectivity index (χ3n) is 0.615. The van der Waals surface area contributed by atoms with E-state index in [9.17, 15) is 4.79 Å². The molecule has 0 amide bonds. The van der Waals surface area contributed by atoms with Crippen LogP contribution in [0.4, 0.5) is 0 Å². The van der Waals surface area contributed by atoms with Gasteiger partial charge in [0.05, 0.1) is 6.61 Å². The maximum Gasteiger partial charge on any atom is 0.330 e. The number of carbonyl (C=O) groups excluding carboxylic acids is 1. The van der Waals surface area contributed by atoms with Crippen molar-refractivity contribution in [1.29, 1.82) is 0 Å². The van der Waals surface area contributed by atoms with E-state index >= 15 is 0 Å². The summed E-state index contributed by atoms with van der Waals surface area (Å²) in [4.78, 5) is 10.2. The maximum atomic E-state index is 10.2. The van der Waals surface area contributed by atoms with Gasteiger partial charge in [0.1, 0.15) is 0 Å². The fraction of sp³-hybridized carbons (Fsp3) is 0.500. The average Bonchev–Trinajstić information content (AvgIpc) is 1.83. The van der Waals surface area contributed by atoms with Crippen molar-refractivity contribution in [1.82, 2.24) is 0 Å². The lowest BCUT2D eigenvalue weighted by Crippen LogP contribution is -1.99. The molecule has 0 rings (SSSR count). The van der Waals surface area contributed by atoms with Crippen LogP contribution in [0.1, 0.15) is 13.3 Å². The Kier molecular flexibility index (Phi) is 9.55. The lowest BCUT2D eigenvalue weighted by molar-refractivity contribution is -0.137. The van der Waals surface area contributed by atoms with Crippen LogP contribution in [-0.2, 0) is 9.53 Å². The van der Waals surface area contributed by atoms with Crippen molar-refractivity contribution in [3.05, 3.63) is 12.7 Å². The molecule has 0 heterocycles. The van der Waals surface area contributed by atoms with Crippen molar-refractivity contribution in [2.45, 2.75) is 13.3 Å². The molecule has 0 fully saturated rings. The molecule has 54 valence electrons. The summed E-state index contributed by atoms with van der Waals surface area (Å²) >= 11 is 0. The first-order valence-electron chi connectivity index (χ1n) is 2.60. The number of esters is 1. The van der Waals surface area contributed by atoms with Crippen LogP contribution in [0, 0.1) is 0 Å². The standard InChI is InChI=1S/C6H10O2.H2S/c1-3-5-8-6(7)4-2;/h4H,2-3,5H2,1H3;1H2. The van der Waals surface area contributed by atoms with Crippen LogP contribution in [0.25, 0.3) is 0 Å². The smallest absolute Gasteiger partial charge is 0.330 e. The van der Waals surface area contributed by atoms with E-state index in [0.29, 0.717) is 6.61 Å². The van der Waals surface area contributed by atoms with E-state index in [1.165, 1.54) is 0 Å². The quantitative estimate of drug-likeness (QED) is 0.444. The summed E-state index contributed by atoms with van der Waals surface area (Å²) in [5, 5.41) is 0. The largest absolute Gasteiger partial charge is 0.463 e. The molecule has 0 atom stereocenters. The lowest BCUT2D eigenvalue weighted by atomic mass is 10.5. The zero-order valence-corrected chi connectivity index (χ0v) is 6.52. The minimum Gasteiger partial charge on any atom is -0.463 e. The van der Waals surface area contributed by atoms with Crippen LogP contribution in [0.5, 0.6) is 0 Å². The number of rotatable bonds is 3. The molecule has 0 radical (unpaired) electrons. The zero-order valence-electron chi connectivity index (χ0n) is 5.52. The third kappa shape index (κ3) is 7.56. The predicted octanol–water partition coefficient (Wildman–Crippen LogP) is 1.24. The summed E-state index contributed by atoms with van der Waals surface area (Å²) < 4.78 is 4.58. The Morgan fingerprint density at radius 1 is 1.78 bits per heavy atom. The first-order valence-corrected chi connectivity index (χ1v) is 2.60. The molecule has 2 nitrogen and oxygen atoms in total. The average molecular weight is 148 g/mol. The lowest BCUT2D eigenvalue weighted by Gasteiger charge is -1.94. The first-order chi connectivity index (χ1) is 3.81. The highest BCUT2D eigenvalue weighted by atomic mass is 32.1. The summed E-state index contributed by atoms with van der Waals surface area (Å²) in [7, 11) is 0. The monoisotopic (exact) mass is 148 g/mol. The fourth-order valence-electron chi connectivity index (χ4n) is 0.262. The van der Waals surface area contributed by atoms with Crippen LogP contribution in [0.15, 0.2) is 12.7 Å². The van der Waals surface area contributed by atoms with E-state index in [1.807, 2.05) is 6.92 Å². The van der Waals surface area contributed by atoms with Gasteiger partial charge >= 0.3 is 5.97 Å².